The van der Waals surface area contributed by atoms with Gasteiger partial charge in [0, 0.05) is 0 Å². The van der Waals surface area contributed by atoms with E-state index in [1.165, 1.54) is 0 Å². The van der Waals surface area contributed by atoms with Crippen LogP contribution >= 0.6 is 0 Å². The highest BCUT2D eigenvalue weighted by Gasteiger charge is 2.26. The fourth-order valence-corrected chi connectivity index (χ4v) is 0.659. The highest BCUT2D eigenvalue weighted by atomic mass is 16.3. The quantitative estimate of drug-likeness (QED) is 0.259. The maximum Gasteiger partial charge on any atom is 0.186 e. The van der Waals surface area contributed by atoms with Crippen LogP contribution in [0, 0.1) is 5.41 Å². The molecule has 0 aromatic carbocycles. The van der Waals surface area contributed by atoms with E-state index in [1.54, 1.807) is 13.8 Å². The molecule has 66 valence electrons. The van der Waals surface area contributed by atoms with Crippen molar-refractivity contribution in [3.63, 3.8) is 0 Å². The Morgan fingerprint density at radius 3 is 2.45 bits per heavy atom. The largest absolute Gasteiger partial charge is 0.394 e. The lowest BCUT2D eigenvalue weighted by molar-refractivity contribution is 0.0364. The zero-order chi connectivity index (χ0) is 9.07. The molecular weight excluding hydrogens is 146 g/mol. The molecule has 0 aromatic rings. The van der Waals surface area contributed by atoms with E-state index in [0.717, 1.165) is 0 Å². The maximum absolute atomic E-state index is 9.17. The SMILES string of the molecule is CC(C)(NC(=N)N)C(O)CO. The minimum absolute atomic E-state index is 0.220. The van der Waals surface area contributed by atoms with Crippen LogP contribution in [0.2, 0.25) is 0 Å². The van der Waals surface area contributed by atoms with Crippen LogP contribution in [0.5, 0.6) is 0 Å². The molecule has 0 heterocycles. The summed E-state index contributed by atoms with van der Waals surface area (Å²) in [6.07, 6.45) is -0.925. The molecule has 0 aliphatic heterocycles. The summed E-state index contributed by atoms with van der Waals surface area (Å²) in [4.78, 5) is 0. The molecule has 1 unspecified atom stereocenters. The predicted molar refractivity (Wildman–Crippen MR) is 42.2 cm³/mol. The number of aliphatic hydroxyl groups is 2. The van der Waals surface area contributed by atoms with Gasteiger partial charge in [-0.25, -0.2) is 0 Å². The summed E-state index contributed by atoms with van der Waals surface area (Å²) in [6.45, 7) is 2.94. The van der Waals surface area contributed by atoms with Crippen LogP contribution in [0.3, 0.4) is 0 Å². The second-order valence-corrected chi connectivity index (χ2v) is 2.96. The van der Waals surface area contributed by atoms with E-state index in [1.807, 2.05) is 0 Å². The van der Waals surface area contributed by atoms with Crippen LogP contribution in [0.1, 0.15) is 13.8 Å². The topological polar surface area (TPSA) is 102 Å². The zero-order valence-corrected chi connectivity index (χ0v) is 6.76. The molecule has 5 heteroatoms. The van der Waals surface area contributed by atoms with Gasteiger partial charge in [0.15, 0.2) is 5.96 Å². The molecule has 5 nitrogen and oxygen atoms in total. The minimum Gasteiger partial charge on any atom is -0.394 e. The van der Waals surface area contributed by atoms with Gasteiger partial charge in [0.25, 0.3) is 0 Å². The van der Waals surface area contributed by atoms with Crippen LogP contribution in [0.4, 0.5) is 0 Å². The number of nitrogens with two attached hydrogens (primary N) is 1. The van der Waals surface area contributed by atoms with Crippen molar-refractivity contribution < 1.29 is 10.2 Å². The Morgan fingerprint density at radius 2 is 2.18 bits per heavy atom. The van der Waals surface area contributed by atoms with Gasteiger partial charge in [0.1, 0.15) is 0 Å². The average Bonchev–Trinajstić information content (AvgIpc) is 1.83. The molecule has 0 fully saturated rings. The van der Waals surface area contributed by atoms with Gasteiger partial charge in [0.2, 0.25) is 0 Å². The van der Waals surface area contributed by atoms with Crippen molar-refractivity contribution in [2.45, 2.75) is 25.5 Å². The molecular formula is C6H15N3O2. The molecule has 0 aliphatic carbocycles. The third-order valence-electron chi connectivity index (χ3n) is 1.46. The Hall–Kier alpha value is -0.810. The van der Waals surface area contributed by atoms with Gasteiger partial charge >= 0.3 is 0 Å². The van der Waals surface area contributed by atoms with E-state index >= 15 is 0 Å². The van der Waals surface area contributed by atoms with E-state index in [4.69, 9.17) is 21.4 Å². The first kappa shape index (κ1) is 10.2. The molecule has 0 bridgehead atoms. The number of aliphatic hydroxyl groups excluding tert-OH is 2. The van der Waals surface area contributed by atoms with Gasteiger partial charge in [-0.05, 0) is 13.8 Å². The van der Waals surface area contributed by atoms with Crippen LogP contribution in [-0.2, 0) is 0 Å². The van der Waals surface area contributed by atoms with Crippen molar-refractivity contribution in [3.8, 4) is 0 Å². The Labute approximate surface area is 65.7 Å². The summed E-state index contributed by atoms with van der Waals surface area (Å²) in [5.74, 6) is -0.220. The average molecular weight is 161 g/mol. The lowest BCUT2D eigenvalue weighted by Gasteiger charge is -2.30. The van der Waals surface area contributed by atoms with Gasteiger partial charge in [-0.1, -0.05) is 0 Å². The summed E-state index contributed by atoms with van der Waals surface area (Å²) >= 11 is 0. The maximum atomic E-state index is 9.17. The van der Waals surface area contributed by atoms with Gasteiger partial charge < -0.3 is 21.3 Å². The van der Waals surface area contributed by atoms with Crippen LogP contribution in [0.25, 0.3) is 0 Å². The first-order valence-corrected chi connectivity index (χ1v) is 3.31. The van der Waals surface area contributed by atoms with Crippen molar-refractivity contribution in [2.24, 2.45) is 5.73 Å². The Balaban J connectivity index is 4.08. The number of hydrogen-bond donors (Lipinski definition) is 5. The number of guanidine groups is 1. The van der Waals surface area contributed by atoms with Gasteiger partial charge in [-0.15, -0.1) is 0 Å². The predicted octanol–water partition coefficient (Wildman–Crippen LogP) is -1.40. The molecule has 0 spiro atoms. The van der Waals surface area contributed by atoms with Crippen LogP contribution in [-0.4, -0.2) is 34.4 Å². The molecule has 1 atom stereocenters. The summed E-state index contributed by atoms with van der Waals surface area (Å²) in [7, 11) is 0. The first-order valence-electron chi connectivity index (χ1n) is 3.31. The molecule has 6 N–H and O–H groups in total. The third-order valence-corrected chi connectivity index (χ3v) is 1.46. The smallest absolute Gasteiger partial charge is 0.186 e. The molecule has 0 amide bonds. The molecule has 0 saturated carbocycles. The monoisotopic (exact) mass is 161 g/mol. The second-order valence-electron chi connectivity index (χ2n) is 2.96. The second kappa shape index (κ2) is 3.54. The van der Waals surface area contributed by atoms with E-state index in [-0.39, 0.29) is 12.6 Å². The van der Waals surface area contributed by atoms with Crippen molar-refractivity contribution in [1.82, 2.24) is 5.32 Å². The molecule has 0 aromatic heterocycles. The Kier molecular flexibility index (Phi) is 3.28. The fourth-order valence-electron chi connectivity index (χ4n) is 0.659. The minimum atomic E-state index is -0.925. The van der Waals surface area contributed by atoms with E-state index < -0.39 is 11.6 Å². The number of hydrogen-bond acceptors (Lipinski definition) is 3. The number of nitrogens with one attached hydrogen (secondary N) is 2. The molecule has 11 heavy (non-hydrogen) atoms. The normalized spacial score (nSPS) is 14.2. The van der Waals surface area contributed by atoms with E-state index in [0.29, 0.717) is 0 Å². The van der Waals surface area contributed by atoms with Crippen molar-refractivity contribution in [1.29, 1.82) is 5.41 Å². The van der Waals surface area contributed by atoms with Gasteiger partial charge in [-0.2, -0.15) is 0 Å². The van der Waals surface area contributed by atoms with Gasteiger partial charge in [0.05, 0.1) is 18.2 Å². The van der Waals surface area contributed by atoms with Crippen molar-refractivity contribution in [3.05, 3.63) is 0 Å². The highest BCUT2D eigenvalue weighted by Crippen LogP contribution is 2.07. The summed E-state index contributed by atoms with van der Waals surface area (Å²) in [5, 5.41) is 27.2. The standard InChI is InChI=1S/C6H15N3O2/c1-6(2,4(11)3-10)9-5(7)8/h4,10-11H,3H2,1-2H3,(H4,7,8,9). The van der Waals surface area contributed by atoms with E-state index in [9.17, 15) is 0 Å². The Morgan fingerprint density at radius 1 is 1.73 bits per heavy atom. The highest BCUT2D eigenvalue weighted by molar-refractivity contribution is 5.75. The lowest BCUT2D eigenvalue weighted by atomic mass is 9.98. The molecule has 0 radical (unpaired) electrons. The third kappa shape index (κ3) is 3.20. The molecule has 0 aliphatic rings. The molecule has 0 rings (SSSR count). The van der Waals surface area contributed by atoms with Crippen LogP contribution in [0.15, 0.2) is 0 Å². The first-order chi connectivity index (χ1) is 4.90. The summed E-state index contributed by atoms with van der Waals surface area (Å²) in [5.41, 5.74) is 4.29. The van der Waals surface area contributed by atoms with Gasteiger partial charge in [-0.3, -0.25) is 5.41 Å². The molecule has 0 saturated heterocycles. The van der Waals surface area contributed by atoms with Crippen molar-refractivity contribution >= 4 is 5.96 Å². The number of rotatable bonds is 3. The summed E-state index contributed by atoms with van der Waals surface area (Å²) < 4.78 is 0. The van der Waals surface area contributed by atoms with E-state index in [2.05, 4.69) is 5.32 Å². The van der Waals surface area contributed by atoms with Crippen LogP contribution < -0.4 is 11.1 Å². The lowest BCUT2D eigenvalue weighted by Crippen LogP contribution is -2.55. The summed E-state index contributed by atoms with van der Waals surface area (Å²) in [6, 6.07) is 0. The van der Waals surface area contributed by atoms with Crippen molar-refractivity contribution in [2.75, 3.05) is 6.61 Å². The zero-order valence-electron chi connectivity index (χ0n) is 6.76. The Bertz CT molecular complexity index is 147. The fraction of sp³-hybridized carbons (Fsp3) is 0.833.